The highest BCUT2D eigenvalue weighted by Crippen LogP contribution is 2.70. The highest BCUT2D eigenvalue weighted by atomic mass is 19.1. The standard InChI is InChI=1S/C22H29FO4/c1-12-9-17-15-6-8-21(27,13(2)24)20(15,4)11-18(26)22(17,23)19(3)7-5-14(25)10-16(12)19/h10,12,15,17,27H,5-9,11H2,1-4H3/t12?,15-,17-,19-,20-,21-,22-/m0/s1. The number of halogens is 1. The minimum absolute atomic E-state index is 0.00861. The Morgan fingerprint density at radius 3 is 2.52 bits per heavy atom. The van der Waals surface area contributed by atoms with Crippen molar-refractivity contribution < 1.29 is 23.9 Å². The molecule has 27 heavy (non-hydrogen) atoms. The van der Waals surface area contributed by atoms with Crippen molar-refractivity contribution in [2.24, 2.45) is 28.6 Å². The van der Waals surface area contributed by atoms with Gasteiger partial charge in [-0.15, -0.1) is 0 Å². The number of carbonyl (C=O) groups is 3. The molecule has 0 aromatic rings. The van der Waals surface area contributed by atoms with E-state index in [0.717, 1.165) is 5.57 Å². The Hall–Kier alpha value is -1.36. The lowest BCUT2D eigenvalue weighted by molar-refractivity contribution is -0.190. The van der Waals surface area contributed by atoms with E-state index in [-0.39, 0.29) is 42.7 Å². The summed E-state index contributed by atoms with van der Waals surface area (Å²) in [6.07, 6.45) is 3.38. The Morgan fingerprint density at radius 2 is 1.89 bits per heavy atom. The van der Waals surface area contributed by atoms with E-state index in [9.17, 15) is 19.5 Å². The molecule has 0 aromatic carbocycles. The summed E-state index contributed by atoms with van der Waals surface area (Å²) in [5.41, 5.74) is -4.71. The minimum Gasteiger partial charge on any atom is -0.381 e. The van der Waals surface area contributed by atoms with Crippen LogP contribution in [0.4, 0.5) is 4.39 Å². The second kappa shape index (κ2) is 5.37. The van der Waals surface area contributed by atoms with Gasteiger partial charge in [-0.25, -0.2) is 4.39 Å². The van der Waals surface area contributed by atoms with E-state index in [1.165, 1.54) is 6.92 Å². The van der Waals surface area contributed by atoms with Gasteiger partial charge in [-0.05, 0) is 50.5 Å². The van der Waals surface area contributed by atoms with Gasteiger partial charge in [-0.3, -0.25) is 14.4 Å². The molecule has 0 aromatic heterocycles. The maximum atomic E-state index is 16.8. The molecule has 4 nitrogen and oxygen atoms in total. The number of hydrogen-bond donors (Lipinski definition) is 1. The number of alkyl halides is 1. The molecule has 1 unspecified atom stereocenters. The molecule has 148 valence electrons. The molecule has 5 heteroatoms. The Bertz CT molecular complexity index is 787. The van der Waals surface area contributed by atoms with Crippen molar-refractivity contribution in [3.63, 3.8) is 0 Å². The van der Waals surface area contributed by atoms with Crippen molar-refractivity contribution in [2.75, 3.05) is 0 Å². The molecule has 4 aliphatic rings. The Balaban J connectivity index is 1.86. The van der Waals surface area contributed by atoms with Gasteiger partial charge in [0.15, 0.2) is 23.0 Å². The molecule has 3 fully saturated rings. The molecule has 0 radical (unpaired) electrons. The first-order chi connectivity index (χ1) is 12.4. The SMILES string of the molecule is CC(=O)[C@@]1(O)CC[C@H]2[C@@H]3CC(C)C4=CC(=O)CC[C@]4(C)[C@@]3(F)C(=O)C[C@@]21C. The van der Waals surface area contributed by atoms with Crippen molar-refractivity contribution in [1.82, 2.24) is 0 Å². The van der Waals surface area contributed by atoms with Crippen molar-refractivity contribution in [3.05, 3.63) is 11.6 Å². The lowest BCUT2D eigenvalue weighted by atomic mass is 9.43. The number of fused-ring (bicyclic) bond motifs is 5. The zero-order chi connectivity index (χ0) is 20.0. The van der Waals surface area contributed by atoms with Crippen LogP contribution in [0.15, 0.2) is 11.6 Å². The zero-order valence-corrected chi connectivity index (χ0v) is 16.6. The summed E-state index contributed by atoms with van der Waals surface area (Å²) in [4.78, 5) is 37.6. The fourth-order valence-electron chi connectivity index (χ4n) is 7.27. The first-order valence-corrected chi connectivity index (χ1v) is 10.1. The second-order valence-corrected chi connectivity index (χ2v) is 9.93. The molecule has 7 atom stereocenters. The van der Waals surface area contributed by atoms with Gasteiger partial charge in [0.05, 0.1) is 0 Å². The third-order valence-electron chi connectivity index (χ3n) is 8.86. The number of allylic oxidation sites excluding steroid dienone is 1. The first-order valence-electron chi connectivity index (χ1n) is 10.1. The van der Waals surface area contributed by atoms with Crippen LogP contribution in [0.25, 0.3) is 0 Å². The van der Waals surface area contributed by atoms with Crippen LogP contribution in [0.2, 0.25) is 0 Å². The van der Waals surface area contributed by atoms with Gasteiger partial charge in [-0.2, -0.15) is 0 Å². The summed E-state index contributed by atoms with van der Waals surface area (Å²) in [5.74, 6) is -1.55. The van der Waals surface area contributed by atoms with Gasteiger partial charge in [0.25, 0.3) is 0 Å². The number of ketones is 3. The molecule has 3 saturated carbocycles. The minimum atomic E-state index is -2.03. The predicted molar refractivity (Wildman–Crippen MR) is 97.6 cm³/mol. The van der Waals surface area contributed by atoms with E-state index in [0.29, 0.717) is 19.3 Å². The normalized spacial score (nSPS) is 51.9. The van der Waals surface area contributed by atoms with Crippen LogP contribution in [0.5, 0.6) is 0 Å². The van der Waals surface area contributed by atoms with Gasteiger partial charge in [0.1, 0.15) is 5.60 Å². The number of aliphatic hydroxyl groups is 1. The maximum Gasteiger partial charge on any atom is 0.180 e. The van der Waals surface area contributed by atoms with Crippen LogP contribution in [0, 0.1) is 28.6 Å². The third kappa shape index (κ3) is 1.99. The zero-order valence-electron chi connectivity index (χ0n) is 16.6. The molecule has 0 spiro atoms. The Labute approximate surface area is 159 Å². The molecule has 1 N–H and O–H groups in total. The monoisotopic (exact) mass is 376 g/mol. The fraction of sp³-hybridized carbons (Fsp3) is 0.773. The smallest absolute Gasteiger partial charge is 0.180 e. The third-order valence-corrected chi connectivity index (χ3v) is 8.86. The van der Waals surface area contributed by atoms with E-state index < -0.39 is 33.8 Å². The lowest BCUT2D eigenvalue weighted by Gasteiger charge is -2.61. The quantitative estimate of drug-likeness (QED) is 0.762. The second-order valence-electron chi connectivity index (χ2n) is 9.93. The molecule has 0 heterocycles. The Morgan fingerprint density at radius 1 is 1.22 bits per heavy atom. The predicted octanol–water partition coefficient (Wildman–Crippen LogP) is 3.36. The van der Waals surface area contributed by atoms with Crippen LogP contribution in [-0.4, -0.2) is 33.7 Å². The average molecular weight is 376 g/mol. The van der Waals surface area contributed by atoms with Gasteiger partial charge in [-0.1, -0.05) is 26.3 Å². The summed E-state index contributed by atoms with van der Waals surface area (Å²) < 4.78 is 16.8. The molecule has 4 rings (SSSR count). The van der Waals surface area contributed by atoms with E-state index >= 15 is 4.39 Å². The molecule has 0 aliphatic heterocycles. The topological polar surface area (TPSA) is 71.4 Å². The van der Waals surface area contributed by atoms with Crippen LogP contribution < -0.4 is 0 Å². The summed E-state index contributed by atoms with van der Waals surface area (Å²) >= 11 is 0. The van der Waals surface area contributed by atoms with Crippen LogP contribution in [-0.2, 0) is 14.4 Å². The first kappa shape index (κ1) is 19.0. The van der Waals surface area contributed by atoms with Crippen molar-refractivity contribution in [1.29, 1.82) is 0 Å². The molecule has 0 saturated heterocycles. The molecule has 0 amide bonds. The Kier molecular flexibility index (Phi) is 3.77. The van der Waals surface area contributed by atoms with Gasteiger partial charge < -0.3 is 5.11 Å². The summed E-state index contributed by atoms with van der Waals surface area (Å²) in [5, 5.41) is 11.1. The summed E-state index contributed by atoms with van der Waals surface area (Å²) in [7, 11) is 0. The highest BCUT2D eigenvalue weighted by molar-refractivity contribution is 5.96. The summed E-state index contributed by atoms with van der Waals surface area (Å²) in [6, 6.07) is 0. The molecular formula is C22H29FO4. The van der Waals surface area contributed by atoms with E-state index in [4.69, 9.17) is 0 Å². The van der Waals surface area contributed by atoms with Gasteiger partial charge in [0, 0.05) is 29.6 Å². The largest absolute Gasteiger partial charge is 0.381 e. The van der Waals surface area contributed by atoms with Gasteiger partial charge >= 0.3 is 0 Å². The van der Waals surface area contributed by atoms with Crippen LogP contribution in [0.3, 0.4) is 0 Å². The van der Waals surface area contributed by atoms with E-state index in [1.807, 2.05) is 6.92 Å². The maximum absolute atomic E-state index is 16.8. The number of Topliss-reactive ketones (excluding diaryl/α,β-unsaturated/α-hetero) is 2. The number of hydrogen-bond acceptors (Lipinski definition) is 4. The number of carbonyl (C=O) groups excluding carboxylic acids is 3. The molecule has 0 bridgehead atoms. The lowest BCUT2D eigenvalue weighted by Crippen LogP contribution is -2.68. The van der Waals surface area contributed by atoms with Crippen molar-refractivity contribution in [3.8, 4) is 0 Å². The van der Waals surface area contributed by atoms with E-state index in [1.54, 1.807) is 19.9 Å². The molecule has 4 aliphatic carbocycles. The van der Waals surface area contributed by atoms with Crippen molar-refractivity contribution >= 4 is 17.3 Å². The average Bonchev–Trinajstić information content (AvgIpc) is 2.85. The highest BCUT2D eigenvalue weighted by Gasteiger charge is 2.74. The van der Waals surface area contributed by atoms with Gasteiger partial charge in [0.2, 0.25) is 0 Å². The van der Waals surface area contributed by atoms with Crippen LogP contribution in [0.1, 0.15) is 66.2 Å². The van der Waals surface area contributed by atoms with E-state index in [2.05, 4.69) is 0 Å². The fourth-order valence-corrected chi connectivity index (χ4v) is 7.27. The summed E-state index contributed by atoms with van der Waals surface area (Å²) in [6.45, 7) is 6.98. The number of rotatable bonds is 1. The van der Waals surface area contributed by atoms with Crippen molar-refractivity contribution in [2.45, 2.75) is 77.5 Å². The van der Waals surface area contributed by atoms with Crippen LogP contribution >= 0.6 is 0 Å². The molecular weight excluding hydrogens is 347 g/mol.